The number of nitrogens with one attached hydrogen (secondary N) is 1. The molecule has 0 unspecified atom stereocenters. The molecule has 1 aliphatic heterocycles. The molecule has 25 heavy (non-hydrogen) atoms. The average Bonchev–Trinajstić information content (AvgIpc) is 2.66. The van der Waals surface area contributed by atoms with Crippen molar-refractivity contribution >= 4 is 11.9 Å². The molecule has 2 aromatic rings. The number of carbonyl (C=O) groups excluding carboxylic acids is 1. The van der Waals surface area contributed by atoms with E-state index in [2.05, 4.69) is 25.2 Å². The van der Waals surface area contributed by atoms with Gasteiger partial charge < -0.3 is 19.7 Å². The smallest absolute Gasteiger partial charge is 0.257 e. The highest BCUT2D eigenvalue weighted by molar-refractivity contribution is 5.96. The molecular weight excluding hydrogens is 322 g/mol. The number of hydrogen-bond acceptors (Lipinski definition) is 7. The Morgan fingerprint density at radius 2 is 2.16 bits per heavy atom. The topological polar surface area (TPSA) is 89.5 Å². The van der Waals surface area contributed by atoms with E-state index in [1.807, 2.05) is 13.0 Å². The number of hydrogen-bond donors (Lipinski definition) is 1. The third-order valence-electron chi connectivity index (χ3n) is 3.83. The number of morpholine rings is 1. The Morgan fingerprint density at radius 1 is 1.36 bits per heavy atom. The lowest BCUT2D eigenvalue weighted by Gasteiger charge is -2.27. The molecule has 1 fully saturated rings. The number of rotatable bonds is 5. The summed E-state index contributed by atoms with van der Waals surface area (Å²) in [5, 5.41) is 2.85. The van der Waals surface area contributed by atoms with Crippen molar-refractivity contribution in [2.45, 2.75) is 13.5 Å². The fourth-order valence-electron chi connectivity index (χ4n) is 2.60. The lowest BCUT2D eigenvalue weighted by Crippen LogP contribution is -2.37. The van der Waals surface area contributed by atoms with Crippen molar-refractivity contribution in [3.8, 4) is 5.88 Å². The van der Waals surface area contributed by atoms with Crippen LogP contribution in [0.2, 0.25) is 0 Å². The molecule has 3 heterocycles. The van der Waals surface area contributed by atoms with Crippen LogP contribution in [-0.4, -0.2) is 54.3 Å². The van der Waals surface area contributed by atoms with E-state index in [0.29, 0.717) is 37.2 Å². The molecule has 8 nitrogen and oxygen atoms in total. The number of aryl methyl sites for hydroxylation is 1. The Balaban J connectivity index is 1.70. The summed E-state index contributed by atoms with van der Waals surface area (Å²) in [7, 11) is 1.49. The first-order chi connectivity index (χ1) is 12.2. The predicted molar refractivity (Wildman–Crippen MR) is 91.8 cm³/mol. The monoisotopic (exact) mass is 343 g/mol. The molecule has 0 atom stereocenters. The van der Waals surface area contributed by atoms with Gasteiger partial charge in [0, 0.05) is 25.0 Å². The van der Waals surface area contributed by atoms with Crippen molar-refractivity contribution in [2.24, 2.45) is 0 Å². The molecule has 3 rings (SSSR count). The second kappa shape index (κ2) is 7.89. The Bertz CT molecular complexity index is 747. The van der Waals surface area contributed by atoms with Gasteiger partial charge in [-0.2, -0.15) is 0 Å². The lowest BCUT2D eigenvalue weighted by atomic mass is 10.2. The molecule has 1 amide bonds. The SMILES string of the molecule is COc1ncccc1C(=O)NCc1cc(C)nc(N2CCOCC2)n1. The molecule has 8 heteroatoms. The molecule has 1 saturated heterocycles. The number of methoxy groups -OCH3 is 1. The van der Waals surface area contributed by atoms with E-state index in [0.717, 1.165) is 24.5 Å². The highest BCUT2D eigenvalue weighted by atomic mass is 16.5. The fourth-order valence-corrected chi connectivity index (χ4v) is 2.60. The zero-order valence-corrected chi connectivity index (χ0v) is 14.4. The summed E-state index contributed by atoms with van der Waals surface area (Å²) >= 11 is 0. The van der Waals surface area contributed by atoms with Gasteiger partial charge in [-0.05, 0) is 25.1 Å². The minimum Gasteiger partial charge on any atom is -0.480 e. The van der Waals surface area contributed by atoms with E-state index in [9.17, 15) is 4.79 Å². The quantitative estimate of drug-likeness (QED) is 0.864. The van der Waals surface area contributed by atoms with Gasteiger partial charge in [-0.3, -0.25) is 4.79 Å². The van der Waals surface area contributed by atoms with Gasteiger partial charge in [0.05, 0.1) is 32.6 Å². The summed E-state index contributed by atoms with van der Waals surface area (Å²) in [5.74, 6) is 0.716. The molecule has 1 N–H and O–H groups in total. The van der Waals surface area contributed by atoms with Crippen LogP contribution in [0.1, 0.15) is 21.7 Å². The summed E-state index contributed by atoms with van der Waals surface area (Å²) in [6.07, 6.45) is 1.58. The fraction of sp³-hybridized carbons (Fsp3) is 0.412. The Morgan fingerprint density at radius 3 is 2.92 bits per heavy atom. The van der Waals surface area contributed by atoms with Gasteiger partial charge in [-0.15, -0.1) is 0 Å². The third-order valence-corrected chi connectivity index (χ3v) is 3.83. The molecule has 0 aromatic carbocycles. The molecule has 0 aliphatic carbocycles. The third kappa shape index (κ3) is 4.21. The summed E-state index contributed by atoms with van der Waals surface area (Å²) in [4.78, 5) is 27.5. The van der Waals surface area contributed by atoms with Gasteiger partial charge in [0.2, 0.25) is 11.8 Å². The first-order valence-electron chi connectivity index (χ1n) is 8.12. The van der Waals surface area contributed by atoms with Crippen LogP contribution in [0.15, 0.2) is 24.4 Å². The number of anilines is 1. The summed E-state index contributed by atoms with van der Waals surface area (Å²) < 4.78 is 10.5. The molecule has 0 spiro atoms. The van der Waals surface area contributed by atoms with Crippen molar-refractivity contribution in [3.63, 3.8) is 0 Å². The van der Waals surface area contributed by atoms with Gasteiger partial charge in [0.25, 0.3) is 5.91 Å². The molecule has 0 radical (unpaired) electrons. The highest BCUT2D eigenvalue weighted by Gasteiger charge is 2.16. The number of nitrogens with zero attached hydrogens (tertiary/aromatic N) is 4. The number of carbonyl (C=O) groups is 1. The standard InChI is InChI=1S/C17H21N5O3/c1-12-10-13(21-17(20-12)22-6-8-25-9-7-22)11-19-15(23)14-4-3-5-18-16(14)24-2/h3-5,10H,6-9,11H2,1-2H3,(H,19,23). The van der Waals surface area contributed by atoms with Crippen molar-refractivity contribution in [3.05, 3.63) is 41.3 Å². The second-order valence-electron chi connectivity index (χ2n) is 5.64. The number of aromatic nitrogens is 3. The maximum Gasteiger partial charge on any atom is 0.257 e. The maximum atomic E-state index is 12.4. The minimum absolute atomic E-state index is 0.255. The Hall–Kier alpha value is -2.74. The zero-order chi connectivity index (χ0) is 17.6. The molecule has 2 aromatic heterocycles. The normalized spacial score (nSPS) is 14.2. The molecule has 0 saturated carbocycles. The van der Waals surface area contributed by atoms with Crippen LogP contribution in [0.4, 0.5) is 5.95 Å². The van der Waals surface area contributed by atoms with Gasteiger partial charge in [-0.1, -0.05) is 0 Å². The summed E-state index contributed by atoms with van der Waals surface area (Å²) in [6, 6.07) is 5.24. The zero-order valence-electron chi connectivity index (χ0n) is 14.4. The second-order valence-corrected chi connectivity index (χ2v) is 5.64. The van der Waals surface area contributed by atoms with Crippen LogP contribution in [0.3, 0.4) is 0 Å². The van der Waals surface area contributed by atoms with Crippen LogP contribution >= 0.6 is 0 Å². The maximum absolute atomic E-state index is 12.4. The molecular formula is C17H21N5O3. The Kier molecular flexibility index (Phi) is 5.39. The van der Waals surface area contributed by atoms with E-state index < -0.39 is 0 Å². The minimum atomic E-state index is -0.255. The summed E-state index contributed by atoms with van der Waals surface area (Å²) in [5.41, 5.74) is 2.01. The van der Waals surface area contributed by atoms with E-state index in [1.54, 1.807) is 18.3 Å². The number of amides is 1. The molecule has 132 valence electrons. The first kappa shape index (κ1) is 17.1. The van der Waals surface area contributed by atoms with Crippen LogP contribution in [-0.2, 0) is 11.3 Å². The van der Waals surface area contributed by atoms with Crippen LogP contribution < -0.4 is 15.0 Å². The number of pyridine rings is 1. The van der Waals surface area contributed by atoms with E-state index in [1.165, 1.54) is 7.11 Å². The highest BCUT2D eigenvalue weighted by Crippen LogP contribution is 2.15. The summed E-state index contributed by atoms with van der Waals surface area (Å²) in [6.45, 7) is 5.09. The van der Waals surface area contributed by atoms with E-state index in [4.69, 9.17) is 9.47 Å². The van der Waals surface area contributed by atoms with Crippen molar-refractivity contribution < 1.29 is 14.3 Å². The van der Waals surface area contributed by atoms with E-state index >= 15 is 0 Å². The number of ether oxygens (including phenoxy) is 2. The Labute approximate surface area is 146 Å². The largest absolute Gasteiger partial charge is 0.480 e. The van der Waals surface area contributed by atoms with Gasteiger partial charge in [0.1, 0.15) is 5.56 Å². The average molecular weight is 343 g/mol. The van der Waals surface area contributed by atoms with Crippen LogP contribution in [0.5, 0.6) is 5.88 Å². The van der Waals surface area contributed by atoms with Crippen molar-refractivity contribution in [2.75, 3.05) is 38.3 Å². The van der Waals surface area contributed by atoms with Gasteiger partial charge >= 0.3 is 0 Å². The van der Waals surface area contributed by atoms with Crippen molar-refractivity contribution in [1.82, 2.24) is 20.3 Å². The van der Waals surface area contributed by atoms with E-state index in [-0.39, 0.29) is 5.91 Å². The van der Waals surface area contributed by atoms with Crippen LogP contribution in [0.25, 0.3) is 0 Å². The lowest BCUT2D eigenvalue weighted by molar-refractivity contribution is 0.0946. The predicted octanol–water partition coefficient (Wildman–Crippen LogP) is 0.955. The van der Waals surface area contributed by atoms with Crippen molar-refractivity contribution in [1.29, 1.82) is 0 Å². The van der Waals surface area contributed by atoms with Gasteiger partial charge in [0.15, 0.2) is 0 Å². The molecule has 1 aliphatic rings. The van der Waals surface area contributed by atoms with Gasteiger partial charge in [-0.25, -0.2) is 15.0 Å². The molecule has 0 bridgehead atoms. The first-order valence-corrected chi connectivity index (χ1v) is 8.12. The van der Waals surface area contributed by atoms with Crippen LogP contribution in [0, 0.1) is 6.92 Å².